The van der Waals surface area contributed by atoms with Gasteiger partial charge in [-0.05, 0) is 24.3 Å². The van der Waals surface area contributed by atoms with Crippen LogP contribution in [0.2, 0.25) is 0 Å². The molecule has 0 aliphatic heterocycles. The Bertz CT molecular complexity index is 341. The van der Waals surface area contributed by atoms with Gasteiger partial charge in [-0.2, -0.15) is 0 Å². The van der Waals surface area contributed by atoms with Gasteiger partial charge in [0.1, 0.15) is 5.82 Å². The number of hydrogen-bond donors (Lipinski definition) is 1. The molecule has 60 valence electrons. The predicted molar refractivity (Wildman–Crippen MR) is 41.5 cm³/mol. The third kappa shape index (κ3) is 2.01. The molecule has 0 aliphatic carbocycles. The van der Waals surface area contributed by atoms with E-state index in [1.165, 1.54) is 30.5 Å². The summed E-state index contributed by atoms with van der Waals surface area (Å²) in [6.07, 6.45) is 1.31. The van der Waals surface area contributed by atoms with Gasteiger partial charge in [0.15, 0.2) is 0 Å². The van der Waals surface area contributed by atoms with Crippen molar-refractivity contribution in [3.63, 3.8) is 0 Å². The molecule has 1 N–H and O–H groups in total. The van der Waals surface area contributed by atoms with Gasteiger partial charge >= 0.3 is 0 Å². The molecule has 0 spiro atoms. The van der Waals surface area contributed by atoms with Gasteiger partial charge in [0.2, 0.25) is 0 Å². The van der Waals surface area contributed by atoms with Gasteiger partial charge in [0.05, 0.1) is 9.73 Å². The van der Waals surface area contributed by atoms with E-state index in [-0.39, 0.29) is 5.82 Å². The third-order valence-electron chi connectivity index (χ3n) is 1.26. The van der Waals surface area contributed by atoms with Gasteiger partial charge < -0.3 is 0 Å². The summed E-state index contributed by atoms with van der Waals surface area (Å²) in [5.41, 5.74) is 0. The minimum Gasteiger partial charge on any atom is -0.249 e. The lowest BCUT2D eigenvalue weighted by Crippen LogP contribution is -1.93. The lowest BCUT2D eigenvalue weighted by Gasteiger charge is -1.98. The average Bonchev–Trinajstić information content (AvgIpc) is 1.86. The Morgan fingerprint density at radius 2 is 1.82 bits per heavy atom. The molecule has 0 saturated carbocycles. The van der Waals surface area contributed by atoms with Gasteiger partial charge in [-0.1, -0.05) is 0 Å². The van der Waals surface area contributed by atoms with E-state index in [0.717, 1.165) is 0 Å². The molecule has 1 aromatic rings. The average molecular weight is 173 g/mol. The molecular formula is C7H8FNOS. The van der Waals surface area contributed by atoms with Crippen LogP contribution in [0.3, 0.4) is 0 Å². The SMILES string of the molecule is CS(=N)(=O)c1ccc(F)cc1. The quantitative estimate of drug-likeness (QED) is 0.691. The molecule has 0 bridgehead atoms. The van der Waals surface area contributed by atoms with Crippen molar-refractivity contribution < 1.29 is 8.60 Å². The molecule has 0 fully saturated rings. The summed E-state index contributed by atoms with van der Waals surface area (Å²) in [5, 5.41) is 0. The molecule has 2 nitrogen and oxygen atoms in total. The lowest BCUT2D eigenvalue weighted by molar-refractivity contribution is 0.626. The largest absolute Gasteiger partial charge is 0.249 e. The fourth-order valence-corrected chi connectivity index (χ4v) is 1.35. The van der Waals surface area contributed by atoms with E-state index in [1.807, 2.05) is 0 Å². The summed E-state index contributed by atoms with van der Waals surface area (Å²) in [6, 6.07) is 5.13. The maximum Gasteiger partial charge on any atom is 0.123 e. The summed E-state index contributed by atoms with van der Waals surface area (Å²) in [5.74, 6) is -0.377. The molecule has 11 heavy (non-hydrogen) atoms. The number of rotatable bonds is 1. The molecule has 1 aromatic carbocycles. The van der Waals surface area contributed by atoms with Crippen LogP contribution in [0.25, 0.3) is 0 Å². The van der Waals surface area contributed by atoms with Crippen LogP contribution in [0.1, 0.15) is 0 Å². The van der Waals surface area contributed by atoms with Crippen LogP contribution in [0.5, 0.6) is 0 Å². The molecule has 1 unspecified atom stereocenters. The van der Waals surface area contributed by atoms with Crippen molar-refractivity contribution in [3.05, 3.63) is 30.1 Å². The molecule has 0 radical (unpaired) electrons. The summed E-state index contributed by atoms with van der Waals surface area (Å²) >= 11 is 0. The normalized spacial score (nSPS) is 15.8. The van der Waals surface area contributed by atoms with Crippen LogP contribution in [-0.4, -0.2) is 10.5 Å². The zero-order chi connectivity index (χ0) is 8.48. The topological polar surface area (TPSA) is 40.9 Å². The minimum absolute atomic E-state index is 0.360. The van der Waals surface area contributed by atoms with Gasteiger partial charge in [-0.3, -0.25) is 0 Å². The van der Waals surface area contributed by atoms with Crippen molar-refractivity contribution in [2.75, 3.05) is 6.26 Å². The monoisotopic (exact) mass is 173 g/mol. The highest BCUT2D eigenvalue weighted by Crippen LogP contribution is 2.09. The molecule has 0 amide bonds. The third-order valence-corrected chi connectivity index (χ3v) is 2.44. The van der Waals surface area contributed by atoms with Crippen molar-refractivity contribution in [2.45, 2.75) is 4.90 Å². The van der Waals surface area contributed by atoms with Gasteiger partial charge in [0.25, 0.3) is 0 Å². The molecule has 1 atom stereocenters. The Balaban J connectivity index is 3.20. The Labute approximate surface area is 65.0 Å². The van der Waals surface area contributed by atoms with Crippen molar-refractivity contribution in [3.8, 4) is 0 Å². The zero-order valence-electron chi connectivity index (χ0n) is 6.00. The minimum atomic E-state index is -2.69. The first-order valence-electron chi connectivity index (χ1n) is 2.99. The van der Waals surface area contributed by atoms with Gasteiger partial charge in [-0.25, -0.2) is 13.4 Å². The van der Waals surface area contributed by atoms with E-state index in [9.17, 15) is 8.60 Å². The fraction of sp³-hybridized carbons (Fsp3) is 0.143. The van der Waals surface area contributed by atoms with Gasteiger partial charge in [0, 0.05) is 11.2 Å². The van der Waals surface area contributed by atoms with Crippen LogP contribution in [0.4, 0.5) is 4.39 Å². The first-order valence-corrected chi connectivity index (χ1v) is 4.96. The van der Waals surface area contributed by atoms with Crippen LogP contribution in [0.15, 0.2) is 29.2 Å². The Morgan fingerprint density at radius 3 is 2.18 bits per heavy atom. The maximum atomic E-state index is 12.3. The van der Waals surface area contributed by atoms with Crippen molar-refractivity contribution in [1.29, 1.82) is 4.78 Å². The molecule has 4 heteroatoms. The number of nitrogens with one attached hydrogen (secondary N) is 1. The molecule has 0 aliphatic rings. The second kappa shape index (κ2) is 2.62. The maximum absolute atomic E-state index is 12.3. The van der Waals surface area contributed by atoms with Gasteiger partial charge in [-0.15, -0.1) is 0 Å². The molecule has 0 heterocycles. The van der Waals surface area contributed by atoms with E-state index < -0.39 is 9.73 Å². The van der Waals surface area contributed by atoms with Crippen LogP contribution in [-0.2, 0) is 9.73 Å². The standard InChI is InChI=1S/C7H8FNOS/c1-11(9,10)7-4-2-6(8)3-5-7/h2-5,9H,1H3. The number of halogens is 1. The highest BCUT2D eigenvalue weighted by Gasteiger charge is 2.01. The second-order valence-electron chi connectivity index (χ2n) is 2.30. The Hall–Kier alpha value is -0.900. The summed E-state index contributed by atoms with van der Waals surface area (Å²) in [4.78, 5) is 0.360. The molecular weight excluding hydrogens is 165 g/mol. The van der Waals surface area contributed by atoms with E-state index >= 15 is 0 Å². The smallest absolute Gasteiger partial charge is 0.123 e. The van der Waals surface area contributed by atoms with E-state index in [4.69, 9.17) is 4.78 Å². The van der Waals surface area contributed by atoms with E-state index in [2.05, 4.69) is 0 Å². The first-order chi connectivity index (χ1) is 5.00. The Kier molecular flexibility index (Phi) is 1.95. The van der Waals surface area contributed by atoms with Crippen molar-refractivity contribution in [1.82, 2.24) is 0 Å². The lowest BCUT2D eigenvalue weighted by atomic mass is 10.4. The number of benzene rings is 1. The fourth-order valence-electron chi connectivity index (χ4n) is 0.694. The highest BCUT2D eigenvalue weighted by atomic mass is 32.2. The second-order valence-corrected chi connectivity index (χ2v) is 4.46. The molecule has 0 saturated heterocycles. The zero-order valence-corrected chi connectivity index (χ0v) is 6.82. The predicted octanol–water partition coefficient (Wildman–Crippen LogP) is 1.86. The molecule has 0 aromatic heterocycles. The van der Waals surface area contributed by atoms with Crippen LogP contribution in [0, 0.1) is 10.6 Å². The van der Waals surface area contributed by atoms with Crippen LogP contribution >= 0.6 is 0 Å². The summed E-state index contributed by atoms with van der Waals surface area (Å²) in [6.45, 7) is 0. The Morgan fingerprint density at radius 1 is 1.36 bits per heavy atom. The highest BCUT2D eigenvalue weighted by molar-refractivity contribution is 7.91. The van der Waals surface area contributed by atoms with E-state index in [0.29, 0.717) is 4.90 Å². The first kappa shape index (κ1) is 8.20. The van der Waals surface area contributed by atoms with Crippen LogP contribution < -0.4 is 0 Å². The summed E-state index contributed by atoms with van der Waals surface area (Å²) < 4.78 is 30.5. The van der Waals surface area contributed by atoms with Crippen molar-refractivity contribution in [2.24, 2.45) is 0 Å². The van der Waals surface area contributed by atoms with Crippen molar-refractivity contribution >= 4 is 9.73 Å². The molecule has 1 rings (SSSR count). The summed E-state index contributed by atoms with van der Waals surface area (Å²) in [7, 11) is -2.69. The van der Waals surface area contributed by atoms with E-state index in [1.54, 1.807) is 0 Å². The number of hydrogen-bond acceptors (Lipinski definition) is 2.